The van der Waals surface area contributed by atoms with Crippen molar-refractivity contribution in [1.29, 1.82) is 0 Å². The van der Waals surface area contributed by atoms with Crippen molar-refractivity contribution < 1.29 is 0 Å². The number of benzene rings is 1. The maximum absolute atomic E-state index is 13.0. The highest BCUT2D eigenvalue weighted by molar-refractivity contribution is 7.98. The molecule has 0 amide bonds. The number of hydrogen-bond donors (Lipinski definition) is 1. The Hall–Kier alpha value is -1.17. The topological polar surface area (TPSA) is 54.9 Å². The molecule has 27 heavy (non-hydrogen) atoms. The number of H-pyrrole nitrogens is 1. The van der Waals surface area contributed by atoms with Gasteiger partial charge in [0.25, 0.3) is 5.56 Å². The van der Waals surface area contributed by atoms with E-state index in [1.54, 1.807) is 17.8 Å². The van der Waals surface area contributed by atoms with Gasteiger partial charge < -0.3 is 4.98 Å². The molecule has 4 nitrogen and oxygen atoms in total. The van der Waals surface area contributed by atoms with Crippen LogP contribution in [0.4, 0.5) is 0 Å². The van der Waals surface area contributed by atoms with Crippen molar-refractivity contribution in [3.63, 3.8) is 0 Å². The van der Waals surface area contributed by atoms with Crippen LogP contribution in [0, 0.1) is 0 Å². The predicted octanol–water partition coefficient (Wildman–Crippen LogP) is 5.27. The fourth-order valence-electron chi connectivity index (χ4n) is 4.21. The van der Waals surface area contributed by atoms with Crippen LogP contribution in [0.2, 0.25) is 10.0 Å². The molecule has 144 valence electrons. The summed E-state index contributed by atoms with van der Waals surface area (Å²) in [5, 5.41) is 1.38. The molecule has 0 saturated heterocycles. The molecule has 1 aromatic heterocycles. The van der Waals surface area contributed by atoms with Gasteiger partial charge in [-0.1, -0.05) is 48.5 Å². The highest BCUT2D eigenvalue weighted by Crippen LogP contribution is 2.41. The normalized spacial score (nSPS) is 20.0. The fraction of sp³-hybridized carbons (Fsp3) is 0.500. The van der Waals surface area contributed by atoms with Gasteiger partial charge in [0.1, 0.15) is 0 Å². The Bertz CT molecular complexity index is 963. The standard InChI is InChI=1S/C20H22Cl2N2O2S/c21-13-7-6-12(16(22)10-13)11-27-17-9-8-15-18(17)23-20(26)24(19(15)25)14-4-2-1-3-5-14/h6-7,10,14,17H,1-5,8-9,11H2,(H,23,26). The maximum atomic E-state index is 13.0. The number of nitrogens with zero attached hydrogens (tertiary/aromatic N) is 1. The minimum Gasteiger partial charge on any atom is -0.310 e. The second kappa shape index (κ2) is 8.06. The first-order valence-electron chi connectivity index (χ1n) is 9.47. The van der Waals surface area contributed by atoms with Gasteiger partial charge in [-0.2, -0.15) is 0 Å². The van der Waals surface area contributed by atoms with E-state index in [4.69, 9.17) is 23.2 Å². The fourth-order valence-corrected chi connectivity index (χ4v) is 6.05. The summed E-state index contributed by atoms with van der Waals surface area (Å²) in [7, 11) is 0. The average molecular weight is 425 g/mol. The smallest absolute Gasteiger partial charge is 0.310 e. The summed E-state index contributed by atoms with van der Waals surface area (Å²) in [6, 6.07) is 5.56. The Labute approximate surface area is 172 Å². The Morgan fingerprint density at radius 3 is 2.63 bits per heavy atom. The number of halogens is 2. The van der Waals surface area contributed by atoms with E-state index in [1.165, 1.54) is 11.0 Å². The van der Waals surface area contributed by atoms with Gasteiger partial charge in [-0.05, 0) is 43.4 Å². The SMILES string of the molecule is O=c1[nH]c2c(c(=O)n1C1CCCCC1)CCC2SCc1ccc(Cl)cc1Cl. The van der Waals surface area contributed by atoms with E-state index < -0.39 is 0 Å². The summed E-state index contributed by atoms with van der Waals surface area (Å²) in [4.78, 5) is 28.7. The summed E-state index contributed by atoms with van der Waals surface area (Å²) in [6.45, 7) is 0. The number of rotatable bonds is 4. The molecule has 0 radical (unpaired) electrons. The number of thioether (sulfide) groups is 1. The Morgan fingerprint density at radius 2 is 1.89 bits per heavy atom. The summed E-state index contributed by atoms with van der Waals surface area (Å²) in [6.07, 6.45) is 6.82. The van der Waals surface area contributed by atoms with Crippen LogP contribution < -0.4 is 11.2 Å². The number of fused-ring (bicyclic) bond motifs is 1. The molecule has 2 aliphatic carbocycles. The predicted molar refractivity (Wildman–Crippen MR) is 112 cm³/mol. The quantitative estimate of drug-likeness (QED) is 0.726. The third-order valence-corrected chi connectivity index (χ3v) is 7.57. The molecular weight excluding hydrogens is 403 g/mol. The van der Waals surface area contributed by atoms with Gasteiger partial charge in [0, 0.05) is 38.3 Å². The second-order valence-corrected chi connectivity index (χ2v) is 9.40. The van der Waals surface area contributed by atoms with Crippen molar-refractivity contribution in [1.82, 2.24) is 9.55 Å². The monoisotopic (exact) mass is 424 g/mol. The van der Waals surface area contributed by atoms with Crippen molar-refractivity contribution in [2.75, 3.05) is 0 Å². The summed E-state index contributed by atoms with van der Waals surface area (Å²) in [5.41, 5.74) is 2.29. The molecular formula is C20H22Cl2N2O2S. The van der Waals surface area contributed by atoms with Crippen LogP contribution in [0.5, 0.6) is 0 Å². The van der Waals surface area contributed by atoms with Gasteiger partial charge >= 0.3 is 5.69 Å². The highest BCUT2D eigenvalue weighted by Gasteiger charge is 2.30. The molecule has 1 saturated carbocycles. The third-order valence-electron chi connectivity index (χ3n) is 5.64. The van der Waals surface area contributed by atoms with E-state index in [9.17, 15) is 9.59 Å². The summed E-state index contributed by atoms with van der Waals surface area (Å²) >= 11 is 13.9. The van der Waals surface area contributed by atoms with Crippen molar-refractivity contribution in [3.05, 3.63) is 65.9 Å². The molecule has 1 atom stereocenters. The molecule has 1 heterocycles. The lowest BCUT2D eigenvalue weighted by Gasteiger charge is -2.23. The number of hydrogen-bond acceptors (Lipinski definition) is 3. The Balaban J connectivity index is 1.57. The summed E-state index contributed by atoms with van der Waals surface area (Å²) in [5.74, 6) is 0.716. The van der Waals surface area contributed by atoms with Gasteiger partial charge in [0.2, 0.25) is 0 Å². The van der Waals surface area contributed by atoms with Crippen molar-refractivity contribution in [2.24, 2.45) is 0 Å². The molecule has 0 bridgehead atoms. The first-order chi connectivity index (χ1) is 13.0. The number of aromatic nitrogens is 2. The second-order valence-electron chi connectivity index (χ2n) is 7.36. The van der Waals surface area contributed by atoms with E-state index >= 15 is 0 Å². The molecule has 2 aromatic rings. The maximum Gasteiger partial charge on any atom is 0.328 e. The summed E-state index contributed by atoms with van der Waals surface area (Å²) < 4.78 is 1.49. The van der Waals surface area contributed by atoms with Crippen LogP contribution in [-0.4, -0.2) is 9.55 Å². The molecule has 1 unspecified atom stereocenters. The van der Waals surface area contributed by atoms with Crippen LogP contribution >= 0.6 is 35.0 Å². The molecule has 1 fully saturated rings. The van der Waals surface area contributed by atoms with Crippen LogP contribution in [0.1, 0.15) is 66.6 Å². The zero-order chi connectivity index (χ0) is 19.0. The Morgan fingerprint density at radius 1 is 1.11 bits per heavy atom. The van der Waals surface area contributed by atoms with Gasteiger partial charge in [-0.25, -0.2) is 4.79 Å². The molecule has 7 heteroatoms. The van der Waals surface area contributed by atoms with E-state index in [2.05, 4.69) is 4.98 Å². The lowest BCUT2D eigenvalue weighted by Crippen LogP contribution is -2.41. The molecule has 1 aromatic carbocycles. The average Bonchev–Trinajstić information content (AvgIpc) is 3.05. The zero-order valence-electron chi connectivity index (χ0n) is 15.0. The lowest BCUT2D eigenvalue weighted by molar-refractivity contribution is 0.335. The number of nitrogens with one attached hydrogen (secondary N) is 1. The minimum atomic E-state index is -0.248. The third kappa shape index (κ3) is 3.87. The van der Waals surface area contributed by atoms with Crippen molar-refractivity contribution >= 4 is 35.0 Å². The lowest BCUT2D eigenvalue weighted by atomic mass is 9.95. The van der Waals surface area contributed by atoms with E-state index in [1.807, 2.05) is 12.1 Å². The van der Waals surface area contributed by atoms with Gasteiger partial charge in [0.05, 0.1) is 0 Å². The molecule has 1 N–H and O–H groups in total. The van der Waals surface area contributed by atoms with Gasteiger partial charge in [-0.15, -0.1) is 11.8 Å². The van der Waals surface area contributed by atoms with Crippen molar-refractivity contribution in [3.8, 4) is 0 Å². The van der Waals surface area contributed by atoms with Gasteiger partial charge in [0.15, 0.2) is 0 Å². The molecule has 0 aliphatic heterocycles. The zero-order valence-corrected chi connectivity index (χ0v) is 17.3. The van der Waals surface area contributed by atoms with Crippen LogP contribution in [0.25, 0.3) is 0 Å². The largest absolute Gasteiger partial charge is 0.328 e. The highest BCUT2D eigenvalue weighted by atomic mass is 35.5. The molecule has 4 rings (SSSR count). The van der Waals surface area contributed by atoms with E-state index in [-0.39, 0.29) is 22.5 Å². The van der Waals surface area contributed by atoms with Crippen molar-refractivity contribution in [2.45, 2.75) is 62.0 Å². The van der Waals surface area contributed by atoms with Crippen LogP contribution in [0.3, 0.4) is 0 Å². The van der Waals surface area contributed by atoms with Crippen LogP contribution in [0.15, 0.2) is 27.8 Å². The minimum absolute atomic E-state index is 0.0554. The van der Waals surface area contributed by atoms with Crippen LogP contribution in [-0.2, 0) is 12.2 Å². The molecule has 0 spiro atoms. The first kappa shape index (κ1) is 19.2. The number of aromatic amines is 1. The van der Waals surface area contributed by atoms with E-state index in [0.717, 1.165) is 55.3 Å². The van der Waals surface area contributed by atoms with E-state index in [0.29, 0.717) is 15.8 Å². The first-order valence-corrected chi connectivity index (χ1v) is 11.3. The molecule has 2 aliphatic rings. The Kier molecular flexibility index (Phi) is 5.72. The van der Waals surface area contributed by atoms with Gasteiger partial charge in [-0.3, -0.25) is 9.36 Å².